The molecule has 0 saturated carbocycles. The number of aromatic nitrogens is 2. The van der Waals surface area contributed by atoms with Crippen molar-refractivity contribution in [3.8, 4) is 16.9 Å². The van der Waals surface area contributed by atoms with Crippen molar-refractivity contribution in [2.45, 2.75) is 0 Å². The summed E-state index contributed by atoms with van der Waals surface area (Å²) in [5.74, 6) is 0.750. The van der Waals surface area contributed by atoms with Crippen LogP contribution < -0.4 is 4.74 Å². The van der Waals surface area contributed by atoms with E-state index < -0.39 is 0 Å². The van der Waals surface area contributed by atoms with Crippen LogP contribution in [-0.4, -0.2) is 17.1 Å². The van der Waals surface area contributed by atoms with Gasteiger partial charge in [-0.1, -0.05) is 29.8 Å². The fourth-order valence-electron chi connectivity index (χ4n) is 2.10. The summed E-state index contributed by atoms with van der Waals surface area (Å²) >= 11 is 8.37. The van der Waals surface area contributed by atoms with Crippen LogP contribution in [0.3, 0.4) is 0 Å². The number of benzene rings is 2. The third kappa shape index (κ3) is 2.45. The maximum atomic E-state index is 6.28. The Morgan fingerprint density at radius 3 is 2.70 bits per heavy atom. The minimum atomic E-state index is 0.691. The molecule has 2 aromatic carbocycles. The molecule has 0 saturated heterocycles. The highest BCUT2D eigenvalue weighted by atomic mass is 127. The zero-order valence-electron chi connectivity index (χ0n) is 10.6. The highest BCUT2D eigenvalue weighted by Crippen LogP contribution is 2.37. The van der Waals surface area contributed by atoms with Gasteiger partial charge in [-0.15, -0.1) is 0 Å². The van der Waals surface area contributed by atoms with Crippen molar-refractivity contribution >= 4 is 45.1 Å². The van der Waals surface area contributed by atoms with E-state index in [2.05, 4.69) is 32.6 Å². The lowest BCUT2D eigenvalue weighted by Gasteiger charge is -2.11. The molecule has 3 nitrogen and oxygen atoms in total. The topological polar surface area (TPSA) is 35.0 Å². The molecule has 0 aliphatic heterocycles. The lowest BCUT2D eigenvalue weighted by molar-refractivity contribution is 0.417. The molecule has 0 N–H and O–H groups in total. The van der Waals surface area contributed by atoms with E-state index >= 15 is 0 Å². The molecule has 0 bridgehead atoms. The largest absolute Gasteiger partial charge is 0.496 e. The number of fused-ring (bicyclic) bond motifs is 1. The van der Waals surface area contributed by atoms with Crippen molar-refractivity contribution in [1.82, 2.24) is 9.97 Å². The van der Waals surface area contributed by atoms with E-state index in [4.69, 9.17) is 16.3 Å². The molecule has 0 aliphatic carbocycles. The number of hydrogen-bond acceptors (Lipinski definition) is 3. The van der Waals surface area contributed by atoms with Gasteiger partial charge in [-0.2, -0.15) is 0 Å². The van der Waals surface area contributed by atoms with Gasteiger partial charge in [0.25, 0.3) is 0 Å². The van der Waals surface area contributed by atoms with E-state index in [0.29, 0.717) is 8.85 Å². The van der Waals surface area contributed by atoms with Crippen LogP contribution in [0.15, 0.2) is 42.6 Å². The Morgan fingerprint density at radius 2 is 1.95 bits per heavy atom. The zero-order chi connectivity index (χ0) is 14.1. The fourth-order valence-corrected chi connectivity index (χ4v) is 2.73. The Bertz CT molecular complexity index is 792. The van der Waals surface area contributed by atoms with E-state index in [1.165, 1.54) is 0 Å². The molecule has 5 heteroatoms. The van der Waals surface area contributed by atoms with E-state index in [9.17, 15) is 0 Å². The van der Waals surface area contributed by atoms with Crippen LogP contribution in [0.25, 0.3) is 22.0 Å². The highest BCUT2D eigenvalue weighted by molar-refractivity contribution is 14.1. The summed E-state index contributed by atoms with van der Waals surface area (Å²) in [7, 11) is 1.65. The van der Waals surface area contributed by atoms with Gasteiger partial charge in [-0.05, 0) is 12.1 Å². The second-order valence-electron chi connectivity index (χ2n) is 4.23. The third-order valence-electron chi connectivity index (χ3n) is 3.04. The van der Waals surface area contributed by atoms with Gasteiger partial charge in [0.2, 0.25) is 0 Å². The molecule has 100 valence electrons. The van der Waals surface area contributed by atoms with Crippen LogP contribution in [0.1, 0.15) is 0 Å². The second kappa shape index (κ2) is 5.54. The Labute approximate surface area is 135 Å². The van der Waals surface area contributed by atoms with Crippen LogP contribution in [0.5, 0.6) is 5.75 Å². The number of methoxy groups -OCH3 is 1. The summed E-state index contributed by atoms with van der Waals surface area (Å²) in [6.07, 6.45) is 1.81. The van der Waals surface area contributed by atoms with Gasteiger partial charge < -0.3 is 4.74 Å². The molecule has 0 radical (unpaired) electrons. The van der Waals surface area contributed by atoms with Crippen LogP contribution >= 0.6 is 34.2 Å². The van der Waals surface area contributed by atoms with Crippen molar-refractivity contribution in [3.05, 3.63) is 51.4 Å². The van der Waals surface area contributed by atoms with Crippen LogP contribution in [0, 0.1) is 3.83 Å². The van der Waals surface area contributed by atoms with Gasteiger partial charge in [0.15, 0.2) is 3.83 Å². The van der Waals surface area contributed by atoms with E-state index in [1.54, 1.807) is 7.11 Å². The summed E-state index contributed by atoms with van der Waals surface area (Å²) in [5.41, 5.74) is 2.74. The van der Waals surface area contributed by atoms with Gasteiger partial charge in [-0.25, -0.2) is 9.97 Å². The summed E-state index contributed by atoms with van der Waals surface area (Å²) in [4.78, 5) is 8.63. The van der Waals surface area contributed by atoms with Crippen LogP contribution in [0.2, 0.25) is 5.02 Å². The number of ether oxygens (including phenoxy) is 1. The Morgan fingerprint density at radius 1 is 1.15 bits per heavy atom. The molecule has 0 spiro atoms. The van der Waals surface area contributed by atoms with Gasteiger partial charge >= 0.3 is 0 Å². The molecule has 0 atom stereocenters. The first-order chi connectivity index (χ1) is 9.69. The molecule has 3 rings (SSSR count). The normalized spacial score (nSPS) is 10.8. The van der Waals surface area contributed by atoms with Crippen molar-refractivity contribution in [3.63, 3.8) is 0 Å². The second-order valence-corrected chi connectivity index (χ2v) is 5.60. The lowest BCUT2D eigenvalue weighted by atomic mass is 10.0. The molecular weight excluding hydrogens is 387 g/mol. The molecule has 1 heterocycles. The third-order valence-corrected chi connectivity index (χ3v) is 3.89. The van der Waals surface area contributed by atoms with Gasteiger partial charge in [0.1, 0.15) is 5.75 Å². The molecule has 1 aromatic heterocycles. The molecule has 20 heavy (non-hydrogen) atoms. The molecule has 0 amide bonds. The number of nitrogens with zero attached hydrogens (tertiary/aromatic N) is 2. The standard InChI is InChI=1S/C15H10ClIN2O/c1-20-14-7-13-9(8-18-15(17)19-13)6-11(14)10-4-2-3-5-12(10)16/h2-8H,1H3. The first-order valence-electron chi connectivity index (χ1n) is 5.94. The monoisotopic (exact) mass is 396 g/mol. The lowest BCUT2D eigenvalue weighted by Crippen LogP contribution is -1.93. The van der Waals surface area contributed by atoms with Crippen molar-refractivity contribution in [2.75, 3.05) is 7.11 Å². The average molecular weight is 397 g/mol. The van der Waals surface area contributed by atoms with E-state index in [1.807, 2.05) is 42.6 Å². The molecule has 0 unspecified atom stereocenters. The quantitative estimate of drug-likeness (QED) is 0.470. The number of halogens is 2. The molecule has 3 aromatic rings. The van der Waals surface area contributed by atoms with Crippen LogP contribution in [-0.2, 0) is 0 Å². The summed E-state index contributed by atoms with van der Waals surface area (Å²) in [5, 5.41) is 1.65. The van der Waals surface area contributed by atoms with Gasteiger partial charge in [0.05, 0.1) is 12.6 Å². The molecular formula is C15H10ClIN2O. The maximum absolute atomic E-state index is 6.28. The molecule has 0 fully saturated rings. The van der Waals surface area contributed by atoms with Gasteiger partial charge in [0, 0.05) is 56.4 Å². The van der Waals surface area contributed by atoms with Crippen molar-refractivity contribution < 1.29 is 4.74 Å². The Balaban J connectivity index is 2.30. The maximum Gasteiger partial charge on any atom is 0.191 e. The van der Waals surface area contributed by atoms with Crippen molar-refractivity contribution in [1.29, 1.82) is 0 Å². The molecule has 0 aliphatic rings. The number of hydrogen-bond donors (Lipinski definition) is 0. The first kappa shape index (κ1) is 13.6. The Kier molecular flexibility index (Phi) is 3.76. The smallest absolute Gasteiger partial charge is 0.191 e. The predicted molar refractivity (Wildman–Crippen MR) is 89.3 cm³/mol. The highest BCUT2D eigenvalue weighted by Gasteiger charge is 2.11. The average Bonchev–Trinajstić information content (AvgIpc) is 2.46. The first-order valence-corrected chi connectivity index (χ1v) is 7.40. The zero-order valence-corrected chi connectivity index (χ0v) is 13.5. The van der Waals surface area contributed by atoms with Gasteiger partial charge in [-0.3, -0.25) is 0 Å². The Hall–Kier alpha value is -1.40. The fraction of sp³-hybridized carbons (Fsp3) is 0.0667. The summed E-state index contributed by atoms with van der Waals surface area (Å²) in [6, 6.07) is 11.6. The predicted octanol–water partition coefficient (Wildman–Crippen LogP) is 4.56. The summed E-state index contributed by atoms with van der Waals surface area (Å²) in [6.45, 7) is 0. The SMILES string of the molecule is COc1cc2nc(I)ncc2cc1-c1ccccc1Cl. The number of rotatable bonds is 2. The van der Waals surface area contributed by atoms with Crippen molar-refractivity contribution in [2.24, 2.45) is 0 Å². The minimum Gasteiger partial charge on any atom is -0.496 e. The minimum absolute atomic E-state index is 0.691. The van der Waals surface area contributed by atoms with E-state index in [0.717, 1.165) is 27.8 Å². The van der Waals surface area contributed by atoms with E-state index in [-0.39, 0.29) is 0 Å². The summed E-state index contributed by atoms with van der Waals surface area (Å²) < 4.78 is 6.19. The van der Waals surface area contributed by atoms with Crippen LogP contribution in [0.4, 0.5) is 0 Å².